The van der Waals surface area contributed by atoms with Crippen LogP contribution in [0.1, 0.15) is 90.1 Å². The molecule has 0 bridgehead atoms. The molecule has 2 unspecified atom stereocenters. The molecular formula is C23H33FN2P+. The highest BCUT2D eigenvalue weighted by Crippen LogP contribution is 2.53. The Kier molecular flexibility index (Phi) is 5.23. The van der Waals surface area contributed by atoms with E-state index in [4.69, 9.17) is 4.98 Å². The van der Waals surface area contributed by atoms with Crippen molar-refractivity contribution in [2.75, 3.05) is 0 Å². The molecule has 1 aromatic heterocycles. The maximum Gasteiger partial charge on any atom is 0.235 e. The number of rotatable bonds is 4. The molecule has 3 rings (SSSR count). The van der Waals surface area contributed by atoms with Crippen LogP contribution >= 0.6 is 9.24 Å². The van der Waals surface area contributed by atoms with Crippen LogP contribution in [0.25, 0.3) is 11.3 Å². The molecular weight excluding hydrogens is 354 g/mol. The third-order valence-corrected chi connectivity index (χ3v) is 7.92. The number of aromatic nitrogens is 2. The van der Waals surface area contributed by atoms with Gasteiger partial charge in [-0.2, -0.15) is 4.57 Å². The second-order valence-corrected chi connectivity index (χ2v) is 9.69. The maximum atomic E-state index is 14.3. The van der Waals surface area contributed by atoms with Gasteiger partial charge in [0.15, 0.2) is 11.5 Å². The van der Waals surface area contributed by atoms with Gasteiger partial charge in [0.1, 0.15) is 17.2 Å². The van der Waals surface area contributed by atoms with Crippen molar-refractivity contribution in [1.82, 2.24) is 4.98 Å². The molecule has 0 spiro atoms. The van der Waals surface area contributed by atoms with Crippen molar-refractivity contribution in [3.05, 3.63) is 47.2 Å². The molecule has 0 N–H and O–H groups in total. The summed E-state index contributed by atoms with van der Waals surface area (Å²) in [6, 6.07) is 5.28. The summed E-state index contributed by atoms with van der Waals surface area (Å²) in [6.45, 7) is 15.5. The molecule has 0 aliphatic carbocycles. The monoisotopic (exact) mass is 387 g/mol. The van der Waals surface area contributed by atoms with E-state index in [1.807, 2.05) is 6.07 Å². The van der Waals surface area contributed by atoms with Crippen LogP contribution in [0.2, 0.25) is 0 Å². The summed E-state index contributed by atoms with van der Waals surface area (Å²) < 4.78 is 16.7. The Bertz CT molecular complexity index is 877. The van der Waals surface area contributed by atoms with Crippen molar-refractivity contribution in [2.24, 2.45) is 0 Å². The molecule has 2 heterocycles. The Morgan fingerprint density at radius 3 is 2.30 bits per heavy atom. The number of benzene rings is 1. The van der Waals surface area contributed by atoms with Gasteiger partial charge in [0, 0.05) is 18.3 Å². The van der Waals surface area contributed by atoms with Gasteiger partial charge in [0.25, 0.3) is 0 Å². The van der Waals surface area contributed by atoms with Gasteiger partial charge in [-0.3, -0.25) is 0 Å². The molecule has 0 saturated heterocycles. The summed E-state index contributed by atoms with van der Waals surface area (Å²) in [4.78, 5) is 5.06. The molecule has 0 fully saturated rings. The number of halogens is 1. The van der Waals surface area contributed by atoms with Gasteiger partial charge in [-0.25, -0.2) is 9.37 Å². The lowest BCUT2D eigenvalue weighted by Gasteiger charge is -2.46. The van der Waals surface area contributed by atoms with Crippen molar-refractivity contribution in [1.29, 1.82) is 0 Å². The largest absolute Gasteiger partial charge is 0.244 e. The van der Waals surface area contributed by atoms with Gasteiger partial charge < -0.3 is 0 Å². The van der Waals surface area contributed by atoms with Crippen LogP contribution in [0.15, 0.2) is 24.4 Å². The van der Waals surface area contributed by atoms with Crippen LogP contribution in [0.4, 0.5) is 4.39 Å². The van der Waals surface area contributed by atoms with Gasteiger partial charge in [-0.1, -0.05) is 50.8 Å². The highest BCUT2D eigenvalue weighted by atomic mass is 31.0. The van der Waals surface area contributed by atoms with Crippen molar-refractivity contribution in [3.8, 4) is 11.3 Å². The second kappa shape index (κ2) is 6.92. The second-order valence-electron chi connectivity index (χ2n) is 8.73. The first-order valence-corrected chi connectivity index (χ1v) is 10.7. The smallest absolute Gasteiger partial charge is 0.235 e. The van der Waals surface area contributed by atoms with Crippen LogP contribution in [0.5, 0.6) is 0 Å². The first kappa shape index (κ1) is 20.4. The van der Waals surface area contributed by atoms with Crippen LogP contribution < -0.4 is 4.57 Å². The van der Waals surface area contributed by atoms with Crippen LogP contribution in [-0.4, -0.2) is 4.98 Å². The van der Waals surface area contributed by atoms with E-state index in [1.54, 1.807) is 12.1 Å². The van der Waals surface area contributed by atoms with Crippen molar-refractivity contribution < 1.29 is 8.96 Å². The standard InChI is InChI=1S/C23H33FN2P/c1-8-22(7)18-12-16(24)10-11-17(18)21-20(15(5)6)25-19(14(3)4)13-26(21)23(22,27)9-2/h10-15H,8-9,27H2,1-7H3/q+1/t22?,23-/m0/s1. The minimum Gasteiger partial charge on any atom is -0.244 e. The molecule has 27 heavy (non-hydrogen) atoms. The molecule has 3 atom stereocenters. The van der Waals surface area contributed by atoms with Gasteiger partial charge in [-0.05, 0) is 37.1 Å². The summed E-state index contributed by atoms with van der Waals surface area (Å²) in [5, 5.41) is -0.228. The Labute approximate surface area is 165 Å². The van der Waals surface area contributed by atoms with Crippen molar-refractivity contribution in [3.63, 3.8) is 0 Å². The molecule has 4 heteroatoms. The van der Waals surface area contributed by atoms with Gasteiger partial charge in [0.2, 0.25) is 5.69 Å². The number of hydrogen-bond acceptors (Lipinski definition) is 1. The number of fused-ring (bicyclic) bond motifs is 3. The lowest BCUT2D eigenvalue weighted by atomic mass is 9.67. The number of nitrogens with zero attached hydrogens (tertiary/aromatic N) is 2. The fraction of sp³-hybridized carbons (Fsp3) is 0.565. The summed E-state index contributed by atoms with van der Waals surface area (Å²) in [6.07, 6.45) is 4.11. The highest BCUT2D eigenvalue weighted by Gasteiger charge is 2.57. The summed E-state index contributed by atoms with van der Waals surface area (Å²) in [5.41, 5.74) is 5.40. The van der Waals surface area contributed by atoms with E-state index < -0.39 is 0 Å². The van der Waals surface area contributed by atoms with Gasteiger partial charge in [0.05, 0.1) is 11.0 Å². The number of hydrogen-bond donors (Lipinski definition) is 0. The predicted molar refractivity (Wildman–Crippen MR) is 114 cm³/mol. The minimum atomic E-state index is -0.228. The van der Waals surface area contributed by atoms with E-state index in [1.165, 1.54) is 0 Å². The molecule has 1 aromatic carbocycles. The maximum absolute atomic E-state index is 14.3. The summed E-state index contributed by atoms with van der Waals surface area (Å²) in [7, 11) is 3.14. The molecule has 0 radical (unpaired) electrons. The highest BCUT2D eigenvalue weighted by molar-refractivity contribution is 7.17. The predicted octanol–water partition coefficient (Wildman–Crippen LogP) is 6.04. The summed E-state index contributed by atoms with van der Waals surface area (Å²) in [5.74, 6) is 0.483. The third kappa shape index (κ3) is 2.85. The average molecular weight is 388 g/mol. The Hall–Kier alpha value is -1.34. The van der Waals surface area contributed by atoms with E-state index in [-0.39, 0.29) is 16.5 Å². The molecule has 1 aliphatic rings. The lowest BCUT2D eigenvalue weighted by molar-refractivity contribution is -0.742. The molecule has 1 aliphatic heterocycles. The van der Waals surface area contributed by atoms with Gasteiger partial charge >= 0.3 is 0 Å². The van der Waals surface area contributed by atoms with Crippen LogP contribution in [0.3, 0.4) is 0 Å². The van der Waals surface area contributed by atoms with Crippen LogP contribution in [-0.2, 0) is 10.7 Å². The minimum absolute atomic E-state index is 0.164. The van der Waals surface area contributed by atoms with Crippen LogP contribution in [0, 0.1) is 5.82 Å². The molecule has 146 valence electrons. The Morgan fingerprint density at radius 1 is 1.11 bits per heavy atom. The van der Waals surface area contributed by atoms with E-state index in [0.717, 1.165) is 41.1 Å². The molecule has 0 saturated carbocycles. The molecule has 0 amide bonds. The fourth-order valence-corrected chi connectivity index (χ4v) is 5.10. The molecule has 2 nitrogen and oxygen atoms in total. The normalized spacial score (nSPS) is 24.3. The third-order valence-electron chi connectivity index (χ3n) is 6.60. The van der Waals surface area contributed by atoms with E-state index in [0.29, 0.717) is 11.8 Å². The first-order chi connectivity index (χ1) is 12.6. The summed E-state index contributed by atoms with van der Waals surface area (Å²) >= 11 is 0. The fourth-order valence-electron chi connectivity index (χ4n) is 4.54. The van der Waals surface area contributed by atoms with Crippen molar-refractivity contribution in [2.45, 2.75) is 83.8 Å². The Balaban J connectivity index is 2.52. The average Bonchev–Trinajstić information content (AvgIpc) is 2.64. The lowest BCUT2D eigenvalue weighted by Crippen LogP contribution is -2.66. The SMILES string of the molecule is CCC1(C)c2cc(F)ccc2-c2c(C(C)C)nc(C(C)C)c[n+]2[C@]1(P)CC. The zero-order chi connectivity index (χ0) is 20.1. The molecule has 2 aromatic rings. The van der Waals surface area contributed by atoms with Crippen molar-refractivity contribution >= 4 is 9.24 Å². The van der Waals surface area contributed by atoms with E-state index in [2.05, 4.69) is 68.5 Å². The van der Waals surface area contributed by atoms with E-state index in [9.17, 15) is 4.39 Å². The quantitative estimate of drug-likeness (QED) is 0.461. The zero-order valence-corrected chi connectivity index (χ0v) is 18.9. The zero-order valence-electron chi connectivity index (χ0n) is 17.7. The topological polar surface area (TPSA) is 16.8 Å². The first-order valence-electron chi connectivity index (χ1n) is 10.2. The van der Waals surface area contributed by atoms with E-state index >= 15 is 0 Å². The Morgan fingerprint density at radius 2 is 1.78 bits per heavy atom. The van der Waals surface area contributed by atoms with Gasteiger partial charge in [-0.15, -0.1) is 0 Å².